The molecular weight excluding hydrogens is 330 g/mol. The zero-order valence-corrected chi connectivity index (χ0v) is 15.5. The number of aryl methyl sites for hydroxylation is 4. The lowest BCUT2D eigenvalue weighted by molar-refractivity contribution is -0.115. The molecule has 0 saturated carbocycles. The fourth-order valence-electron chi connectivity index (χ4n) is 2.91. The second-order valence-corrected chi connectivity index (χ2v) is 7.79. The van der Waals surface area contributed by atoms with Crippen molar-refractivity contribution in [2.24, 2.45) is 0 Å². The average molecular weight is 351 g/mol. The van der Waals surface area contributed by atoms with Gasteiger partial charge in [-0.05, 0) is 74.9 Å². The molecule has 1 atom stereocenters. The molecule has 0 bridgehead atoms. The van der Waals surface area contributed by atoms with E-state index >= 15 is 0 Å². The minimum atomic E-state index is -0.333. The van der Waals surface area contributed by atoms with Gasteiger partial charge < -0.3 is 5.32 Å². The molecule has 2 aromatic rings. The lowest BCUT2D eigenvalue weighted by Gasteiger charge is -2.14. The van der Waals surface area contributed by atoms with Crippen LogP contribution in [0.2, 0.25) is 0 Å². The molecule has 1 aliphatic carbocycles. The third-order valence-corrected chi connectivity index (χ3v) is 5.67. The summed E-state index contributed by atoms with van der Waals surface area (Å²) in [6, 6.07) is 10.0. The molecule has 0 aliphatic heterocycles. The number of nitrogens with zero attached hydrogens (tertiary/aromatic N) is 2. The molecule has 1 aliphatic rings. The van der Waals surface area contributed by atoms with Gasteiger partial charge >= 0.3 is 0 Å². The van der Waals surface area contributed by atoms with Crippen LogP contribution in [0.5, 0.6) is 0 Å². The van der Waals surface area contributed by atoms with Crippen LogP contribution < -0.4 is 5.32 Å². The Bertz CT molecular complexity index is 870. The monoisotopic (exact) mass is 351 g/mol. The summed E-state index contributed by atoms with van der Waals surface area (Å²) in [5.74, 6) is -0.0839. The number of nitriles is 1. The molecule has 1 heterocycles. The van der Waals surface area contributed by atoms with Crippen molar-refractivity contribution in [2.75, 3.05) is 5.32 Å². The van der Waals surface area contributed by atoms with E-state index in [1.807, 2.05) is 45.0 Å². The molecule has 1 N–H and O–H groups in total. The lowest BCUT2D eigenvalue weighted by atomic mass is 10.1. The van der Waals surface area contributed by atoms with E-state index in [1.54, 1.807) is 0 Å². The van der Waals surface area contributed by atoms with Crippen LogP contribution in [0.1, 0.15) is 41.3 Å². The van der Waals surface area contributed by atoms with Crippen molar-refractivity contribution >= 4 is 23.4 Å². The number of carbonyl (C=O) groups is 1. The van der Waals surface area contributed by atoms with Gasteiger partial charge in [0, 0.05) is 11.4 Å². The number of rotatable bonds is 4. The molecule has 1 amide bonds. The number of hydrogen-bond acceptors (Lipinski definition) is 4. The van der Waals surface area contributed by atoms with E-state index in [0.717, 1.165) is 36.2 Å². The van der Waals surface area contributed by atoms with E-state index in [9.17, 15) is 10.1 Å². The minimum absolute atomic E-state index is 0.0839. The molecule has 0 fully saturated rings. The van der Waals surface area contributed by atoms with E-state index in [-0.39, 0.29) is 11.2 Å². The Morgan fingerprint density at radius 3 is 2.80 bits per heavy atom. The van der Waals surface area contributed by atoms with Crippen LogP contribution in [-0.2, 0) is 17.6 Å². The normalized spacial score (nSPS) is 13.8. The summed E-state index contributed by atoms with van der Waals surface area (Å²) < 4.78 is 0. The van der Waals surface area contributed by atoms with Gasteiger partial charge in [-0.2, -0.15) is 5.26 Å². The molecular formula is C20H21N3OS. The number of nitrogens with one attached hydrogen (secondary N) is 1. The highest BCUT2D eigenvalue weighted by Gasteiger charge is 2.21. The molecule has 5 heteroatoms. The number of amides is 1. The van der Waals surface area contributed by atoms with Crippen molar-refractivity contribution in [2.45, 2.75) is 50.3 Å². The van der Waals surface area contributed by atoms with Crippen molar-refractivity contribution in [1.29, 1.82) is 5.26 Å². The van der Waals surface area contributed by atoms with Crippen LogP contribution >= 0.6 is 11.8 Å². The first kappa shape index (κ1) is 17.5. The van der Waals surface area contributed by atoms with E-state index in [2.05, 4.69) is 16.4 Å². The summed E-state index contributed by atoms with van der Waals surface area (Å²) in [7, 11) is 0. The third kappa shape index (κ3) is 3.85. The highest BCUT2D eigenvalue weighted by molar-refractivity contribution is 8.00. The highest BCUT2D eigenvalue weighted by Crippen LogP contribution is 2.30. The first-order valence-corrected chi connectivity index (χ1v) is 9.33. The topological polar surface area (TPSA) is 65.8 Å². The number of thioether (sulfide) groups is 1. The molecule has 3 rings (SSSR count). The van der Waals surface area contributed by atoms with Crippen LogP contribution in [0.15, 0.2) is 29.3 Å². The van der Waals surface area contributed by atoms with Gasteiger partial charge in [-0.3, -0.25) is 4.79 Å². The summed E-state index contributed by atoms with van der Waals surface area (Å²) in [6.07, 6.45) is 3.03. The standard InChI is InChI=1S/C20H21N3OS/c1-12-7-8-17(9-13(12)2)22-19(24)14(3)25-20-16(11-21)10-15-5-4-6-18(15)23-20/h7-10,14H,4-6H2,1-3H3,(H,22,24). The van der Waals surface area contributed by atoms with Crippen LogP contribution in [-0.4, -0.2) is 16.1 Å². The fraction of sp³-hybridized carbons (Fsp3) is 0.350. The number of fused-ring (bicyclic) bond motifs is 1. The van der Waals surface area contributed by atoms with Gasteiger partial charge in [-0.25, -0.2) is 4.98 Å². The van der Waals surface area contributed by atoms with Gasteiger partial charge in [0.1, 0.15) is 11.1 Å². The number of aromatic nitrogens is 1. The quantitative estimate of drug-likeness (QED) is 0.839. The summed E-state index contributed by atoms with van der Waals surface area (Å²) >= 11 is 1.35. The molecule has 0 radical (unpaired) electrons. The number of anilines is 1. The highest BCUT2D eigenvalue weighted by atomic mass is 32.2. The Labute approximate surface area is 152 Å². The number of hydrogen-bond donors (Lipinski definition) is 1. The Morgan fingerprint density at radius 2 is 2.08 bits per heavy atom. The van der Waals surface area contributed by atoms with Crippen molar-refractivity contribution in [3.63, 3.8) is 0 Å². The predicted molar refractivity (Wildman–Crippen MR) is 101 cm³/mol. The molecule has 128 valence electrons. The smallest absolute Gasteiger partial charge is 0.237 e. The first-order valence-electron chi connectivity index (χ1n) is 8.45. The van der Waals surface area contributed by atoms with Crippen molar-refractivity contribution in [3.8, 4) is 6.07 Å². The van der Waals surface area contributed by atoms with E-state index in [0.29, 0.717) is 10.6 Å². The lowest BCUT2D eigenvalue weighted by Crippen LogP contribution is -2.22. The van der Waals surface area contributed by atoms with Gasteiger partial charge in [-0.15, -0.1) is 0 Å². The van der Waals surface area contributed by atoms with Gasteiger partial charge in [-0.1, -0.05) is 17.8 Å². The maximum absolute atomic E-state index is 12.5. The summed E-state index contributed by atoms with van der Waals surface area (Å²) in [5, 5.41) is 12.7. The Morgan fingerprint density at radius 1 is 1.28 bits per heavy atom. The summed E-state index contributed by atoms with van der Waals surface area (Å²) in [5.41, 5.74) is 5.95. The number of pyridine rings is 1. The zero-order chi connectivity index (χ0) is 18.0. The maximum Gasteiger partial charge on any atom is 0.237 e. The first-order chi connectivity index (χ1) is 12.0. The van der Waals surface area contributed by atoms with E-state index in [4.69, 9.17) is 0 Å². The zero-order valence-electron chi connectivity index (χ0n) is 14.7. The number of benzene rings is 1. The van der Waals surface area contributed by atoms with Crippen molar-refractivity contribution < 1.29 is 4.79 Å². The molecule has 4 nitrogen and oxygen atoms in total. The molecule has 0 spiro atoms. The van der Waals surface area contributed by atoms with E-state index in [1.165, 1.54) is 22.9 Å². The maximum atomic E-state index is 12.5. The van der Waals surface area contributed by atoms with Gasteiger partial charge in [0.15, 0.2) is 0 Å². The second kappa shape index (κ2) is 7.28. The Kier molecular flexibility index (Phi) is 5.10. The largest absolute Gasteiger partial charge is 0.325 e. The van der Waals surface area contributed by atoms with E-state index < -0.39 is 0 Å². The van der Waals surface area contributed by atoms with Crippen molar-refractivity contribution in [1.82, 2.24) is 4.98 Å². The Hall–Kier alpha value is -2.32. The van der Waals surface area contributed by atoms with Gasteiger partial charge in [0.2, 0.25) is 5.91 Å². The van der Waals surface area contributed by atoms with Gasteiger partial charge in [0.25, 0.3) is 0 Å². The third-order valence-electron chi connectivity index (χ3n) is 4.57. The molecule has 1 unspecified atom stereocenters. The predicted octanol–water partition coefficient (Wildman–Crippen LogP) is 4.18. The van der Waals surface area contributed by atoms with Crippen LogP contribution in [0.4, 0.5) is 5.69 Å². The minimum Gasteiger partial charge on any atom is -0.325 e. The SMILES string of the molecule is Cc1ccc(NC(=O)C(C)Sc2nc3c(cc2C#N)CCC3)cc1C. The molecule has 1 aromatic carbocycles. The molecule has 0 saturated heterocycles. The second-order valence-electron chi connectivity index (χ2n) is 6.46. The molecule has 1 aromatic heterocycles. The number of carbonyl (C=O) groups excluding carboxylic acids is 1. The fourth-order valence-corrected chi connectivity index (χ4v) is 3.80. The van der Waals surface area contributed by atoms with Crippen LogP contribution in [0, 0.1) is 25.2 Å². The van der Waals surface area contributed by atoms with Gasteiger partial charge in [0.05, 0.1) is 10.8 Å². The molecule has 25 heavy (non-hydrogen) atoms. The summed E-state index contributed by atoms with van der Waals surface area (Å²) in [4.78, 5) is 17.1. The Balaban J connectivity index is 1.73. The van der Waals surface area contributed by atoms with Crippen LogP contribution in [0.3, 0.4) is 0 Å². The average Bonchev–Trinajstić information content (AvgIpc) is 3.04. The summed E-state index contributed by atoms with van der Waals surface area (Å²) in [6.45, 7) is 5.91. The van der Waals surface area contributed by atoms with Crippen molar-refractivity contribution in [3.05, 3.63) is 52.2 Å². The van der Waals surface area contributed by atoms with Crippen LogP contribution in [0.25, 0.3) is 0 Å².